The molecule has 3 heteroatoms. The normalized spacial score (nSPS) is 25.4. The van der Waals surface area contributed by atoms with E-state index < -0.39 is 0 Å². The summed E-state index contributed by atoms with van der Waals surface area (Å²) in [6, 6.07) is 0. The maximum absolute atomic E-state index is 6.73. The van der Waals surface area contributed by atoms with Crippen LogP contribution in [0.4, 0.5) is 0 Å². The van der Waals surface area contributed by atoms with Crippen molar-refractivity contribution in [3.05, 3.63) is 23.0 Å². The van der Waals surface area contributed by atoms with E-state index >= 15 is 0 Å². The molecule has 3 nitrogen and oxygen atoms in total. The quantitative estimate of drug-likeness (QED) is 0.858. The second-order valence-corrected chi connectivity index (χ2v) is 7.60. The van der Waals surface area contributed by atoms with Gasteiger partial charge in [-0.05, 0) is 44.9 Å². The summed E-state index contributed by atoms with van der Waals surface area (Å²) >= 11 is 0. The fourth-order valence-electron chi connectivity index (χ4n) is 3.52. The average Bonchev–Trinajstić information content (AvgIpc) is 2.53. The summed E-state index contributed by atoms with van der Waals surface area (Å²) in [5.74, 6) is 0.956. The number of pyridine rings is 1. The largest absolute Gasteiger partial charge is 0.496 e. The number of methoxy groups -OCH3 is 1. The van der Waals surface area contributed by atoms with Gasteiger partial charge < -0.3 is 10.5 Å². The van der Waals surface area contributed by atoms with Gasteiger partial charge in [0.15, 0.2) is 0 Å². The highest BCUT2D eigenvalue weighted by Crippen LogP contribution is 2.39. The first kappa shape index (κ1) is 16.3. The lowest BCUT2D eigenvalue weighted by atomic mass is 9.82. The second kappa shape index (κ2) is 5.96. The van der Waals surface area contributed by atoms with Crippen LogP contribution >= 0.6 is 0 Å². The summed E-state index contributed by atoms with van der Waals surface area (Å²) in [7, 11) is 1.73. The first-order valence-corrected chi connectivity index (χ1v) is 8.04. The molecule has 0 saturated heterocycles. The van der Waals surface area contributed by atoms with Crippen LogP contribution in [0.1, 0.15) is 62.8 Å². The molecule has 0 aromatic carbocycles. The van der Waals surface area contributed by atoms with Crippen molar-refractivity contribution in [3.8, 4) is 5.75 Å². The zero-order chi connectivity index (χ0) is 15.7. The molecule has 21 heavy (non-hydrogen) atoms. The Morgan fingerprint density at radius 2 is 1.90 bits per heavy atom. The Labute approximate surface area is 129 Å². The van der Waals surface area contributed by atoms with Crippen molar-refractivity contribution in [2.75, 3.05) is 7.11 Å². The van der Waals surface area contributed by atoms with Gasteiger partial charge in [0.2, 0.25) is 0 Å². The molecule has 1 aliphatic rings. The van der Waals surface area contributed by atoms with E-state index in [0.717, 1.165) is 41.8 Å². The van der Waals surface area contributed by atoms with Crippen molar-refractivity contribution < 1.29 is 4.74 Å². The summed E-state index contributed by atoms with van der Waals surface area (Å²) in [6.45, 7) is 8.85. The van der Waals surface area contributed by atoms with E-state index in [0.29, 0.717) is 5.41 Å². The van der Waals surface area contributed by atoms with E-state index in [1.807, 2.05) is 13.1 Å². The van der Waals surface area contributed by atoms with E-state index in [-0.39, 0.29) is 5.54 Å². The molecule has 0 bridgehead atoms. The van der Waals surface area contributed by atoms with Crippen LogP contribution in [0.2, 0.25) is 0 Å². The third kappa shape index (κ3) is 3.76. The second-order valence-electron chi connectivity index (χ2n) is 7.60. The van der Waals surface area contributed by atoms with Crippen LogP contribution in [-0.2, 0) is 6.42 Å². The molecule has 1 atom stereocenters. The summed E-state index contributed by atoms with van der Waals surface area (Å²) in [6.07, 6.45) is 8.62. The average molecular weight is 290 g/mol. The Hall–Kier alpha value is -1.09. The Balaban J connectivity index is 2.21. The molecule has 1 aromatic heterocycles. The first-order chi connectivity index (χ1) is 9.76. The number of ether oxygens (including phenoxy) is 1. The molecule has 1 unspecified atom stereocenters. The first-order valence-electron chi connectivity index (χ1n) is 8.04. The van der Waals surface area contributed by atoms with Crippen molar-refractivity contribution in [3.63, 3.8) is 0 Å². The zero-order valence-corrected chi connectivity index (χ0v) is 14.3. The Bertz CT molecular complexity index is 510. The maximum atomic E-state index is 6.73. The molecule has 1 fully saturated rings. The fraction of sp³-hybridized carbons (Fsp3) is 0.722. The number of nitrogens with two attached hydrogens (primary N) is 1. The summed E-state index contributed by atoms with van der Waals surface area (Å²) in [5, 5.41) is 0. The fourth-order valence-corrected chi connectivity index (χ4v) is 3.52. The molecule has 1 aliphatic carbocycles. The number of hydrogen-bond acceptors (Lipinski definition) is 3. The van der Waals surface area contributed by atoms with Gasteiger partial charge in [0.1, 0.15) is 5.75 Å². The summed E-state index contributed by atoms with van der Waals surface area (Å²) in [4.78, 5) is 4.63. The van der Waals surface area contributed by atoms with Gasteiger partial charge in [0.05, 0.1) is 7.11 Å². The zero-order valence-electron chi connectivity index (χ0n) is 14.3. The Morgan fingerprint density at radius 1 is 1.19 bits per heavy atom. The Morgan fingerprint density at radius 3 is 2.57 bits per heavy atom. The summed E-state index contributed by atoms with van der Waals surface area (Å²) in [5.41, 5.74) is 10.4. The third-order valence-electron chi connectivity index (χ3n) is 5.10. The highest BCUT2D eigenvalue weighted by atomic mass is 16.5. The standard InChI is InChI=1S/C18H30N2O/c1-13-12-20-15(14(2)16(13)21-5)11-18(19)8-6-7-17(3,4)9-10-18/h12H,6-11,19H2,1-5H3. The van der Waals surface area contributed by atoms with Gasteiger partial charge >= 0.3 is 0 Å². The smallest absolute Gasteiger partial charge is 0.128 e. The lowest BCUT2D eigenvalue weighted by Crippen LogP contribution is -2.42. The molecule has 1 saturated carbocycles. The third-order valence-corrected chi connectivity index (χ3v) is 5.10. The van der Waals surface area contributed by atoms with Gasteiger partial charge in [-0.15, -0.1) is 0 Å². The number of hydrogen-bond donors (Lipinski definition) is 1. The maximum Gasteiger partial charge on any atom is 0.128 e. The lowest BCUT2D eigenvalue weighted by Gasteiger charge is -2.30. The molecule has 0 radical (unpaired) electrons. The van der Waals surface area contributed by atoms with Crippen molar-refractivity contribution in [1.82, 2.24) is 4.98 Å². The molecule has 1 aromatic rings. The molecular formula is C18H30N2O. The van der Waals surface area contributed by atoms with Crippen LogP contribution in [0.5, 0.6) is 5.75 Å². The monoisotopic (exact) mass is 290 g/mol. The minimum atomic E-state index is -0.119. The minimum Gasteiger partial charge on any atom is -0.496 e. The van der Waals surface area contributed by atoms with Crippen LogP contribution in [-0.4, -0.2) is 17.6 Å². The number of aromatic nitrogens is 1. The van der Waals surface area contributed by atoms with E-state index in [9.17, 15) is 0 Å². The van der Waals surface area contributed by atoms with Crippen molar-refractivity contribution >= 4 is 0 Å². The van der Waals surface area contributed by atoms with Crippen LogP contribution in [0.3, 0.4) is 0 Å². The van der Waals surface area contributed by atoms with Crippen LogP contribution in [0.25, 0.3) is 0 Å². The SMILES string of the molecule is COc1c(C)cnc(CC2(N)CCCC(C)(C)CC2)c1C. The molecule has 118 valence electrons. The van der Waals surface area contributed by atoms with Crippen molar-refractivity contribution in [2.45, 2.75) is 71.8 Å². The topological polar surface area (TPSA) is 48.1 Å². The highest BCUT2D eigenvalue weighted by molar-refractivity contribution is 5.41. The molecule has 0 amide bonds. The lowest BCUT2D eigenvalue weighted by molar-refractivity contribution is 0.296. The highest BCUT2D eigenvalue weighted by Gasteiger charge is 2.33. The molecule has 1 heterocycles. The summed E-state index contributed by atoms with van der Waals surface area (Å²) < 4.78 is 5.52. The van der Waals surface area contributed by atoms with Gasteiger partial charge in [0, 0.05) is 35.0 Å². The molecular weight excluding hydrogens is 260 g/mol. The van der Waals surface area contributed by atoms with E-state index in [1.165, 1.54) is 19.3 Å². The molecule has 2 rings (SSSR count). The van der Waals surface area contributed by atoms with Gasteiger partial charge in [-0.1, -0.05) is 20.3 Å². The van der Waals surface area contributed by atoms with Gasteiger partial charge in [-0.25, -0.2) is 0 Å². The van der Waals surface area contributed by atoms with E-state index in [2.05, 4.69) is 25.8 Å². The van der Waals surface area contributed by atoms with Gasteiger partial charge in [0.25, 0.3) is 0 Å². The van der Waals surface area contributed by atoms with E-state index in [1.54, 1.807) is 7.11 Å². The molecule has 0 aliphatic heterocycles. The van der Waals surface area contributed by atoms with Gasteiger partial charge in [-0.2, -0.15) is 0 Å². The minimum absolute atomic E-state index is 0.119. The van der Waals surface area contributed by atoms with Crippen LogP contribution in [0, 0.1) is 19.3 Å². The molecule has 0 spiro atoms. The predicted octanol–water partition coefficient (Wildman–Crippen LogP) is 3.94. The molecule has 2 N–H and O–H groups in total. The van der Waals surface area contributed by atoms with Crippen molar-refractivity contribution in [1.29, 1.82) is 0 Å². The predicted molar refractivity (Wildman–Crippen MR) is 87.8 cm³/mol. The van der Waals surface area contributed by atoms with Gasteiger partial charge in [-0.3, -0.25) is 4.98 Å². The van der Waals surface area contributed by atoms with Crippen molar-refractivity contribution in [2.24, 2.45) is 11.1 Å². The van der Waals surface area contributed by atoms with Crippen LogP contribution < -0.4 is 10.5 Å². The number of rotatable bonds is 3. The van der Waals surface area contributed by atoms with Crippen LogP contribution in [0.15, 0.2) is 6.20 Å². The van der Waals surface area contributed by atoms with E-state index in [4.69, 9.17) is 10.5 Å². The number of nitrogens with zero attached hydrogens (tertiary/aromatic N) is 1. The number of aryl methyl sites for hydroxylation is 1. The Kier molecular flexibility index (Phi) is 4.62.